The molecule has 0 fully saturated rings. The molecule has 1 aromatic rings. The van der Waals surface area contributed by atoms with E-state index in [0.717, 1.165) is 25.1 Å². The maximum atomic E-state index is 13.2. The van der Waals surface area contributed by atoms with Crippen molar-refractivity contribution >= 4 is 17.7 Å². The molecule has 0 aliphatic heterocycles. The molecule has 16 heavy (non-hydrogen) atoms. The van der Waals surface area contributed by atoms with Gasteiger partial charge >= 0.3 is 0 Å². The zero-order chi connectivity index (χ0) is 12.0. The summed E-state index contributed by atoms with van der Waals surface area (Å²) in [7, 11) is 0. The van der Waals surface area contributed by atoms with E-state index < -0.39 is 0 Å². The molecule has 88 valence electrons. The summed E-state index contributed by atoms with van der Waals surface area (Å²) < 4.78 is 13.2. The molecule has 0 aliphatic carbocycles. The van der Waals surface area contributed by atoms with Gasteiger partial charge in [-0.25, -0.2) is 4.39 Å². The van der Waals surface area contributed by atoms with Gasteiger partial charge < -0.3 is 5.32 Å². The lowest BCUT2D eigenvalue weighted by atomic mass is 10.1. The van der Waals surface area contributed by atoms with Gasteiger partial charge in [0.2, 0.25) is 0 Å². The third-order valence-corrected chi connectivity index (χ3v) is 2.68. The van der Waals surface area contributed by atoms with Crippen LogP contribution < -0.4 is 5.32 Å². The lowest BCUT2D eigenvalue weighted by Crippen LogP contribution is -2.15. The monoisotopic (exact) mass is 241 g/mol. The van der Waals surface area contributed by atoms with Crippen molar-refractivity contribution in [2.75, 3.05) is 13.1 Å². The summed E-state index contributed by atoms with van der Waals surface area (Å²) in [4.78, 5) is 0. The van der Waals surface area contributed by atoms with Crippen molar-refractivity contribution < 1.29 is 4.39 Å². The first-order valence-corrected chi connectivity index (χ1v) is 5.90. The first kappa shape index (κ1) is 13.2. The van der Waals surface area contributed by atoms with Crippen molar-refractivity contribution in [1.29, 1.82) is 0 Å². The second kappa shape index (κ2) is 6.66. The number of halogens is 2. The summed E-state index contributed by atoms with van der Waals surface area (Å²) >= 11 is 5.63. The Morgan fingerprint density at radius 1 is 1.44 bits per heavy atom. The van der Waals surface area contributed by atoms with E-state index in [1.807, 2.05) is 12.1 Å². The Morgan fingerprint density at radius 3 is 2.75 bits per heavy atom. The van der Waals surface area contributed by atoms with Gasteiger partial charge in [0, 0.05) is 6.54 Å². The third-order valence-electron chi connectivity index (χ3n) is 2.37. The SMILES string of the molecule is CCNCC(=Cc1ccc(Cl)c(F)c1)CC. The fourth-order valence-electron chi connectivity index (χ4n) is 1.40. The highest BCUT2D eigenvalue weighted by Gasteiger charge is 2.00. The van der Waals surface area contributed by atoms with E-state index in [1.165, 1.54) is 11.6 Å². The number of hydrogen-bond acceptors (Lipinski definition) is 1. The molecular formula is C13H17ClFN. The van der Waals surface area contributed by atoms with E-state index in [9.17, 15) is 4.39 Å². The number of rotatable bonds is 5. The van der Waals surface area contributed by atoms with E-state index in [4.69, 9.17) is 11.6 Å². The van der Waals surface area contributed by atoms with Crippen molar-refractivity contribution in [1.82, 2.24) is 5.32 Å². The van der Waals surface area contributed by atoms with Gasteiger partial charge in [0.15, 0.2) is 0 Å². The average molecular weight is 242 g/mol. The van der Waals surface area contributed by atoms with Gasteiger partial charge in [-0.05, 0) is 30.7 Å². The predicted octanol–water partition coefficient (Wildman–Crippen LogP) is 3.88. The predicted molar refractivity (Wildman–Crippen MR) is 68.2 cm³/mol. The highest BCUT2D eigenvalue weighted by atomic mass is 35.5. The Labute approximate surface area is 101 Å². The summed E-state index contributed by atoms with van der Waals surface area (Å²) in [5, 5.41) is 3.43. The van der Waals surface area contributed by atoms with Gasteiger partial charge in [-0.1, -0.05) is 43.2 Å². The Kier molecular flexibility index (Phi) is 5.50. The first-order valence-electron chi connectivity index (χ1n) is 5.52. The minimum atomic E-state index is -0.366. The van der Waals surface area contributed by atoms with Crippen LogP contribution in [0.5, 0.6) is 0 Å². The van der Waals surface area contributed by atoms with Crippen molar-refractivity contribution in [3.63, 3.8) is 0 Å². The van der Waals surface area contributed by atoms with Gasteiger partial charge in [-0.2, -0.15) is 0 Å². The van der Waals surface area contributed by atoms with E-state index >= 15 is 0 Å². The van der Waals surface area contributed by atoms with Crippen LogP contribution in [0, 0.1) is 5.82 Å². The van der Waals surface area contributed by atoms with Crippen LogP contribution in [0.4, 0.5) is 4.39 Å². The average Bonchev–Trinajstić information content (AvgIpc) is 2.29. The number of benzene rings is 1. The Balaban J connectivity index is 2.82. The van der Waals surface area contributed by atoms with E-state index in [2.05, 4.69) is 19.2 Å². The molecule has 0 bridgehead atoms. The van der Waals surface area contributed by atoms with Gasteiger partial charge in [-0.15, -0.1) is 0 Å². The molecule has 1 aromatic carbocycles. The topological polar surface area (TPSA) is 12.0 Å². The van der Waals surface area contributed by atoms with E-state index in [0.29, 0.717) is 0 Å². The summed E-state index contributed by atoms with van der Waals surface area (Å²) in [6.07, 6.45) is 2.96. The Hall–Kier alpha value is -0.860. The molecule has 0 amide bonds. The van der Waals surface area contributed by atoms with E-state index in [1.54, 1.807) is 6.07 Å². The van der Waals surface area contributed by atoms with Crippen molar-refractivity contribution in [2.24, 2.45) is 0 Å². The normalized spacial score (nSPS) is 11.9. The zero-order valence-corrected chi connectivity index (χ0v) is 10.4. The lowest BCUT2D eigenvalue weighted by molar-refractivity contribution is 0.628. The minimum Gasteiger partial charge on any atom is -0.313 e. The summed E-state index contributed by atoms with van der Waals surface area (Å²) in [5.41, 5.74) is 2.11. The molecule has 0 aromatic heterocycles. The fraction of sp³-hybridized carbons (Fsp3) is 0.385. The molecular weight excluding hydrogens is 225 g/mol. The van der Waals surface area contributed by atoms with Gasteiger partial charge in [0.05, 0.1) is 5.02 Å². The molecule has 0 radical (unpaired) electrons. The van der Waals surface area contributed by atoms with Crippen LogP contribution in [0.25, 0.3) is 6.08 Å². The molecule has 3 heteroatoms. The Bertz CT molecular complexity index is 374. The standard InChI is InChI=1S/C13H17ClFN/c1-3-10(9-16-4-2)7-11-5-6-12(14)13(15)8-11/h5-8,16H,3-4,9H2,1-2H3. The summed E-state index contributed by atoms with van der Waals surface area (Å²) in [6.45, 7) is 5.94. The maximum absolute atomic E-state index is 13.2. The van der Waals surface area contributed by atoms with Crippen LogP contribution in [0.2, 0.25) is 5.02 Å². The summed E-state index contributed by atoms with van der Waals surface area (Å²) in [6, 6.07) is 4.88. The van der Waals surface area contributed by atoms with Crippen LogP contribution in [0.15, 0.2) is 23.8 Å². The molecule has 0 spiro atoms. The molecule has 0 aliphatic rings. The quantitative estimate of drug-likeness (QED) is 0.825. The molecule has 0 saturated heterocycles. The number of nitrogens with one attached hydrogen (secondary N) is 1. The molecule has 1 N–H and O–H groups in total. The molecule has 0 unspecified atom stereocenters. The smallest absolute Gasteiger partial charge is 0.142 e. The van der Waals surface area contributed by atoms with Crippen molar-refractivity contribution in [2.45, 2.75) is 20.3 Å². The third kappa shape index (κ3) is 3.95. The first-order chi connectivity index (χ1) is 7.67. The molecule has 1 rings (SSSR count). The van der Waals surface area contributed by atoms with Crippen LogP contribution in [-0.2, 0) is 0 Å². The van der Waals surface area contributed by atoms with Gasteiger partial charge in [0.1, 0.15) is 5.82 Å². The fourth-order valence-corrected chi connectivity index (χ4v) is 1.52. The van der Waals surface area contributed by atoms with Crippen LogP contribution in [-0.4, -0.2) is 13.1 Å². The lowest BCUT2D eigenvalue weighted by Gasteiger charge is -2.05. The number of likely N-dealkylation sites (N-methyl/N-ethyl adjacent to an activating group) is 1. The highest BCUT2D eigenvalue weighted by Crippen LogP contribution is 2.17. The largest absolute Gasteiger partial charge is 0.313 e. The van der Waals surface area contributed by atoms with Gasteiger partial charge in [0.25, 0.3) is 0 Å². The van der Waals surface area contributed by atoms with Crippen molar-refractivity contribution in [3.8, 4) is 0 Å². The van der Waals surface area contributed by atoms with Crippen molar-refractivity contribution in [3.05, 3.63) is 40.2 Å². The van der Waals surface area contributed by atoms with E-state index in [-0.39, 0.29) is 10.8 Å². The minimum absolute atomic E-state index is 0.168. The van der Waals surface area contributed by atoms with Gasteiger partial charge in [-0.3, -0.25) is 0 Å². The second-order valence-corrected chi connectivity index (χ2v) is 4.02. The maximum Gasteiger partial charge on any atom is 0.142 e. The number of hydrogen-bond donors (Lipinski definition) is 1. The summed E-state index contributed by atoms with van der Waals surface area (Å²) in [5.74, 6) is -0.366. The molecule has 0 saturated carbocycles. The van der Waals surface area contributed by atoms with Crippen LogP contribution in [0.3, 0.4) is 0 Å². The molecule has 1 nitrogen and oxygen atoms in total. The van der Waals surface area contributed by atoms with Crippen LogP contribution >= 0.6 is 11.6 Å². The highest BCUT2D eigenvalue weighted by molar-refractivity contribution is 6.30. The molecule has 0 heterocycles. The zero-order valence-electron chi connectivity index (χ0n) is 9.69. The van der Waals surface area contributed by atoms with Crippen LogP contribution in [0.1, 0.15) is 25.8 Å². The Morgan fingerprint density at radius 2 is 2.19 bits per heavy atom. The second-order valence-electron chi connectivity index (χ2n) is 3.61. The molecule has 0 atom stereocenters.